The van der Waals surface area contributed by atoms with Gasteiger partial charge in [-0.15, -0.1) is 0 Å². The Bertz CT molecular complexity index is 1100. The van der Waals surface area contributed by atoms with E-state index in [9.17, 15) is 13.2 Å². The van der Waals surface area contributed by atoms with Crippen LogP contribution in [0.1, 0.15) is 16.1 Å². The van der Waals surface area contributed by atoms with Gasteiger partial charge in [-0.25, -0.2) is 8.42 Å². The van der Waals surface area contributed by atoms with E-state index in [1.54, 1.807) is 30.3 Å². The van der Waals surface area contributed by atoms with Crippen LogP contribution < -0.4 is 0 Å². The Hall–Kier alpha value is -2.48. The molecule has 0 radical (unpaired) electrons. The van der Waals surface area contributed by atoms with Gasteiger partial charge in [0.1, 0.15) is 0 Å². The van der Waals surface area contributed by atoms with E-state index in [0.717, 1.165) is 22.2 Å². The molecule has 1 aliphatic rings. The molecule has 7 heteroatoms. The number of nitrogens with one attached hydrogen (secondary N) is 1. The number of hydrogen-bond acceptors (Lipinski definition) is 4. The van der Waals surface area contributed by atoms with Gasteiger partial charge < -0.3 is 4.98 Å². The molecule has 0 spiro atoms. The number of nitrogens with zero attached hydrogens (tertiary/aromatic N) is 2. The first-order valence-corrected chi connectivity index (χ1v) is 10.8. The van der Waals surface area contributed by atoms with Crippen LogP contribution in [-0.4, -0.2) is 61.1 Å². The van der Waals surface area contributed by atoms with E-state index in [-0.39, 0.29) is 5.78 Å². The van der Waals surface area contributed by atoms with Gasteiger partial charge in [0.05, 0.1) is 11.4 Å². The van der Waals surface area contributed by atoms with Crippen LogP contribution in [0.4, 0.5) is 0 Å². The molecule has 0 atom stereocenters. The van der Waals surface area contributed by atoms with Gasteiger partial charge in [-0.2, -0.15) is 4.31 Å². The molecule has 1 aromatic heterocycles. The Morgan fingerprint density at radius 1 is 0.964 bits per heavy atom. The number of aromatic amines is 1. The monoisotopic (exact) mass is 397 g/mol. The lowest BCUT2D eigenvalue weighted by atomic mass is 10.1. The molecule has 1 aliphatic heterocycles. The van der Waals surface area contributed by atoms with Crippen molar-refractivity contribution < 1.29 is 13.2 Å². The number of piperazine rings is 1. The fourth-order valence-corrected chi connectivity index (χ4v) is 5.23. The second-order valence-electron chi connectivity index (χ2n) is 7.09. The van der Waals surface area contributed by atoms with Gasteiger partial charge in [0.15, 0.2) is 5.78 Å². The number of hydrogen-bond donors (Lipinski definition) is 1. The van der Waals surface area contributed by atoms with Crippen LogP contribution in [0.5, 0.6) is 0 Å². The Morgan fingerprint density at radius 3 is 2.32 bits per heavy atom. The average molecular weight is 398 g/mol. The van der Waals surface area contributed by atoms with Crippen molar-refractivity contribution in [2.75, 3.05) is 32.7 Å². The topological polar surface area (TPSA) is 73.5 Å². The number of para-hydroxylation sites is 1. The van der Waals surface area contributed by atoms with Crippen LogP contribution in [0.15, 0.2) is 59.5 Å². The number of benzene rings is 2. The molecule has 0 saturated carbocycles. The first-order chi connectivity index (χ1) is 13.5. The van der Waals surface area contributed by atoms with Gasteiger partial charge in [0.25, 0.3) is 0 Å². The van der Waals surface area contributed by atoms with E-state index >= 15 is 0 Å². The minimum Gasteiger partial charge on any atom is -0.358 e. The van der Waals surface area contributed by atoms with Crippen LogP contribution in [-0.2, 0) is 10.0 Å². The zero-order valence-electron chi connectivity index (χ0n) is 15.8. The number of ketones is 1. The molecular formula is C21H23N3O3S. The lowest BCUT2D eigenvalue weighted by Crippen LogP contribution is -2.49. The maximum atomic E-state index is 12.9. The summed E-state index contributed by atoms with van der Waals surface area (Å²) in [7, 11) is -3.48. The molecule has 1 saturated heterocycles. The molecule has 2 aromatic carbocycles. The van der Waals surface area contributed by atoms with Gasteiger partial charge in [0, 0.05) is 48.3 Å². The Kier molecular flexibility index (Phi) is 5.05. The highest BCUT2D eigenvalue weighted by Gasteiger charge is 2.29. The van der Waals surface area contributed by atoms with E-state index in [0.29, 0.717) is 37.6 Å². The maximum Gasteiger partial charge on any atom is 0.243 e. The number of rotatable bonds is 5. The molecule has 146 valence electrons. The van der Waals surface area contributed by atoms with Crippen molar-refractivity contribution >= 4 is 26.7 Å². The maximum absolute atomic E-state index is 12.9. The van der Waals surface area contributed by atoms with Crippen molar-refractivity contribution in [1.82, 2.24) is 14.2 Å². The second-order valence-corrected chi connectivity index (χ2v) is 9.02. The number of H-pyrrole nitrogens is 1. The highest BCUT2D eigenvalue weighted by atomic mass is 32.2. The van der Waals surface area contributed by atoms with Crippen LogP contribution in [0.25, 0.3) is 10.9 Å². The Morgan fingerprint density at radius 2 is 1.61 bits per heavy atom. The summed E-state index contributed by atoms with van der Waals surface area (Å²) in [6, 6.07) is 16.3. The number of Topliss-reactive ketones (excluding diaryl/α,β-unsaturated/α-hetero) is 1. The van der Waals surface area contributed by atoms with Gasteiger partial charge in [-0.1, -0.05) is 36.4 Å². The molecule has 3 aromatic rings. The molecule has 0 bridgehead atoms. The first-order valence-electron chi connectivity index (χ1n) is 9.35. The summed E-state index contributed by atoms with van der Waals surface area (Å²) in [5, 5.41) is 0.940. The normalized spacial score (nSPS) is 16.5. The molecule has 28 heavy (non-hydrogen) atoms. The van der Waals surface area contributed by atoms with E-state index in [1.165, 1.54) is 4.31 Å². The average Bonchev–Trinajstić information content (AvgIpc) is 3.05. The van der Waals surface area contributed by atoms with E-state index in [1.807, 2.05) is 36.1 Å². The SMILES string of the molecule is Cc1[nH]c2ccccc2c1C(=O)CN1CCN(S(=O)(=O)c2ccccc2)CC1. The molecule has 0 amide bonds. The lowest BCUT2D eigenvalue weighted by Gasteiger charge is -2.33. The number of sulfonamides is 1. The molecule has 6 nitrogen and oxygen atoms in total. The first kappa shape index (κ1) is 18.9. The largest absolute Gasteiger partial charge is 0.358 e. The Labute approximate surface area is 164 Å². The molecule has 0 aliphatic carbocycles. The quantitative estimate of drug-likeness (QED) is 0.672. The fourth-order valence-electron chi connectivity index (χ4n) is 3.79. The number of carbonyl (C=O) groups is 1. The molecule has 4 rings (SSSR count). The van der Waals surface area contributed by atoms with Crippen molar-refractivity contribution in [3.05, 3.63) is 65.9 Å². The molecular weight excluding hydrogens is 374 g/mol. The number of aryl methyl sites for hydroxylation is 1. The summed E-state index contributed by atoms with van der Waals surface area (Å²) in [6.07, 6.45) is 0. The third kappa shape index (κ3) is 3.48. The van der Waals surface area contributed by atoms with E-state index < -0.39 is 10.0 Å². The van der Waals surface area contributed by atoms with Crippen LogP contribution in [0.2, 0.25) is 0 Å². The highest BCUT2D eigenvalue weighted by Crippen LogP contribution is 2.23. The summed E-state index contributed by atoms with van der Waals surface area (Å²) in [5.74, 6) is 0.0642. The summed E-state index contributed by atoms with van der Waals surface area (Å²) in [6.45, 7) is 4.06. The van der Waals surface area contributed by atoms with Crippen molar-refractivity contribution in [2.24, 2.45) is 0 Å². The summed E-state index contributed by atoms with van der Waals surface area (Å²) >= 11 is 0. The fraction of sp³-hybridized carbons (Fsp3) is 0.286. The molecule has 1 fully saturated rings. The number of carbonyl (C=O) groups excluding carboxylic acids is 1. The standard InChI is InChI=1S/C21H23N3O3S/c1-16-21(18-9-5-6-10-19(18)22-16)20(25)15-23-11-13-24(14-12-23)28(26,27)17-7-3-2-4-8-17/h2-10,22H,11-15H2,1H3. The van der Waals surface area contributed by atoms with Gasteiger partial charge in [-0.05, 0) is 25.1 Å². The summed E-state index contributed by atoms with van der Waals surface area (Å²) < 4.78 is 27.0. The van der Waals surface area contributed by atoms with Gasteiger partial charge in [0.2, 0.25) is 10.0 Å². The molecule has 2 heterocycles. The van der Waals surface area contributed by atoms with E-state index in [4.69, 9.17) is 0 Å². The van der Waals surface area contributed by atoms with Crippen molar-refractivity contribution in [3.8, 4) is 0 Å². The van der Waals surface area contributed by atoms with E-state index in [2.05, 4.69) is 4.98 Å². The number of aromatic nitrogens is 1. The minimum absolute atomic E-state index is 0.0642. The van der Waals surface area contributed by atoms with Crippen LogP contribution in [0.3, 0.4) is 0 Å². The lowest BCUT2D eigenvalue weighted by molar-refractivity contribution is 0.0903. The summed E-state index contributed by atoms with van der Waals surface area (Å²) in [5.41, 5.74) is 2.56. The van der Waals surface area contributed by atoms with Crippen LogP contribution >= 0.6 is 0 Å². The molecule has 1 N–H and O–H groups in total. The summed E-state index contributed by atoms with van der Waals surface area (Å²) in [4.78, 5) is 18.5. The predicted octanol–water partition coefficient (Wildman–Crippen LogP) is 2.67. The van der Waals surface area contributed by atoms with Gasteiger partial charge >= 0.3 is 0 Å². The van der Waals surface area contributed by atoms with Crippen molar-refractivity contribution in [3.63, 3.8) is 0 Å². The third-order valence-corrected chi connectivity index (χ3v) is 7.16. The minimum atomic E-state index is -3.48. The smallest absolute Gasteiger partial charge is 0.243 e. The number of fused-ring (bicyclic) bond motifs is 1. The zero-order chi connectivity index (χ0) is 19.7. The predicted molar refractivity (Wildman–Crippen MR) is 109 cm³/mol. The van der Waals surface area contributed by atoms with Crippen LogP contribution in [0, 0.1) is 6.92 Å². The van der Waals surface area contributed by atoms with Crippen molar-refractivity contribution in [2.45, 2.75) is 11.8 Å². The second kappa shape index (κ2) is 7.50. The third-order valence-electron chi connectivity index (χ3n) is 5.25. The zero-order valence-corrected chi connectivity index (χ0v) is 16.6. The highest BCUT2D eigenvalue weighted by molar-refractivity contribution is 7.89. The van der Waals surface area contributed by atoms with Gasteiger partial charge in [-0.3, -0.25) is 9.69 Å². The Balaban J connectivity index is 1.43. The molecule has 0 unspecified atom stereocenters. The van der Waals surface area contributed by atoms with Crippen molar-refractivity contribution in [1.29, 1.82) is 0 Å².